The lowest BCUT2D eigenvalue weighted by Crippen LogP contribution is -2.22. The summed E-state index contributed by atoms with van der Waals surface area (Å²) in [6.45, 7) is 7.20. The Labute approximate surface area is 160 Å². The van der Waals surface area contributed by atoms with Crippen LogP contribution in [0.25, 0.3) is 27.7 Å². The van der Waals surface area contributed by atoms with Gasteiger partial charge >= 0.3 is 0 Å². The molecule has 140 valence electrons. The molecule has 2 aromatic carbocycles. The van der Waals surface area contributed by atoms with Gasteiger partial charge in [0, 0.05) is 6.54 Å². The molecular weight excluding hydrogens is 352 g/mol. The minimum absolute atomic E-state index is 0.0382. The van der Waals surface area contributed by atoms with E-state index in [1.54, 1.807) is 4.57 Å². The van der Waals surface area contributed by atoms with Crippen molar-refractivity contribution in [1.29, 1.82) is 0 Å². The van der Waals surface area contributed by atoms with E-state index in [2.05, 4.69) is 45.7 Å². The number of nitrogens with zero attached hydrogens (tertiary/aromatic N) is 6. The van der Waals surface area contributed by atoms with Crippen LogP contribution >= 0.6 is 0 Å². The molecule has 0 aliphatic heterocycles. The zero-order valence-corrected chi connectivity index (χ0v) is 16.0. The molecule has 7 heteroatoms. The summed E-state index contributed by atoms with van der Waals surface area (Å²) in [6.07, 6.45) is 1.84. The Morgan fingerprint density at radius 2 is 1.79 bits per heavy atom. The van der Waals surface area contributed by atoms with Crippen molar-refractivity contribution in [2.24, 2.45) is 0 Å². The predicted molar refractivity (Wildman–Crippen MR) is 109 cm³/mol. The van der Waals surface area contributed by atoms with E-state index in [-0.39, 0.29) is 5.56 Å². The van der Waals surface area contributed by atoms with Gasteiger partial charge in [-0.2, -0.15) is 0 Å². The first-order valence-electron chi connectivity index (χ1n) is 9.36. The van der Waals surface area contributed by atoms with Gasteiger partial charge in [-0.25, -0.2) is 4.98 Å². The highest BCUT2D eigenvalue weighted by molar-refractivity contribution is 5.80. The van der Waals surface area contributed by atoms with Crippen LogP contribution in [0.1, 0.15) is 23.9 Å². The molecular formula is C21H20N6O. The summed E-state index contributed by atoms with van der Waals surface area (Å²) in [4.78, 5) is 17.4. The zero-order valence-electron chi connectivity index (χ0n) is 16.0. The average molecular weight is 372 g/mol. The summed E-state index contributed by atoms with van der Waals surface area (Å²) in [5, 5.41) is 9.42. The van der Waals surface area contributed by atoms with Crippen LogP contribution in [0.4, 0.5) is 0 Å². The molecule has 0 aliphatic carbocycles. The molecule has 28 heavy (non-hydrogen) atoms. The summed E-state index contributed by atoms with van der Waals surface area (Å²) < 4.78 is 5.72. The number of aryl methyl sites for hydroxylation is 3. The van der Waals surface area contributed by atoms with E-state index < -0.39 is 0 Å². The van der Waals surface area contributed by atoms with E-state index in [0.717, 1.165) is 22.4 Å². The van der Waals surface area contributed by atoms with Gasteiger partial charge in [0.05, 0.1) is 34.8 Å². The molecule has 0 radical (unpaired) electrons. The predicted octanol–water partition coefficient (Wildman–Crippen LogP) is 3.08. The highest BCUT2D eigenvalue weighted by Gasteiger charge is 2.16. The van der Waals surface area contributed by atoms with Crippen LogP contribution in [0.15, 0.2) is 47.5 Å². The lowest BCUT2D eigenvalue weighted by Gasteiger charge is -2.10. The van der Waals surface area contributed by atoms with Crippen LogP contribution in [-0.2, 0) is 13.1 Å². The minimum Gasteiger partial charge on any atom is -0.323 e. The van der Waals surface area contributed by atoms with Gasteiger partial charge in [-0.1, -0.05) is 12.1 Å². The first-order chi connectivity index (χ1) is 13.6. The normalized spacial score (nSPS) is 11.8. The van der Waals surface area contributed by atoms with Crippen LogP contribution < -0.4 is 5.56 Å². The largest absolute Gasteiger partial charge is 0.323 e. The van der Waals surface area contributed by atoms with E-state index >= 15 is 0 Å². The summed E-state index contributed by atoms with van der Waals surface area (Å²) in [7, 11) is 0. The molecule has 5 aromatic rings. The SMILES string of the molecule is CCn1c(=O)c2ccccc2n2c(Cn3cnc4cc(C)c(C)cc43)nnc12. The van der Waals surface area contributed by atoms with Crippen molar-refractivity contribution in [3.05, 3.63) is 70.0 Å². The fourth-order valence-corrected chi connectivity index (χ4v) is 3.79. The second-order valence-electron chi connectivity index (χ2n) is 7.12. The Hall–Kier alpha value is -3.48. The van der Waals surface area contributed by atoms with Gasteiger partial charge in [0.15, 0.2) is 5.82 Å². The second-order valence-corrected chi connectivity index (χ2v) is 7.12. The standard InChI is InChI=1S/C21H20N6O/c1-4-26-20(28)15-7-5-6-8-17(15)27-19(23-24-21(26)27)11-25-12-22-16-9-13(2)14(3)10-18(16)25/h5-10,12H,4,11H2,1-3H3. The average Bonchev–Trinajstić information content (AvgIpc) is 3.28. The number of fused-ring (bicyclic) bond motifs is 4. The number of benzene rings is 2. The summed E-state index contributed by atoms with van der Waals surface area (Å²) in [5.41, 5.74) is 5.27. The molecule has 3 heterocycles. The van der Waals surface area contributed by atoms with E-state index in [1.807, 2.05) is 41.9 Å². The molecule has 5 rings (SSSR count). The monoisotopic (exact) mass is 372 g/mol. The molecule has 0 saturated carbocycles. The van der Waals surface area contributed by atoms with E-state index in [1.165, 1.54) is 11.1 Å². The van der Waals surface area contributed by atoms with Crippen LogP contribution in [-0.4, -0.2) is 28.7 Å². The molecule has 0 spiro atoms. The third kappa shape index (κ3) is 2.29. The van der Waals surface area contributed by atoms with E-state index in [0.29, 0.717) is 24.3 Å². The zero-order chi connectivity index (χ0) is 19.4. The van der Waals surface area contributed by atoms with Gasteiger partial charge in [0.25, 0.3) is 5.56 Å². The molecule has 0 fully saturated rings. The number of hydrogen-bond donors (Lipinski definition) is 0. The Bertz CT molecular complexity index is 1420. The van der Waals surface area contributed by atoms with E-state index in [4.69, 9.17) is 0 Å². The van der Waals surface area contributed by atoms with Crippen LogP contribution in [0.5, 0.6) is 0 Å². The number of imidazole rings is 1. The van der Waals surface area contributed by atoms with Crippen molar-refractivity contribution in [2.75, 3.05) is 0 Å². The fourth-order valence-electron chi connectivity index (χ4n) is 3.79. The lowest BCUT2D eigenvalue weighted by molar-refractivity contribution is 0.727. The Morgan fingerprint density at radius 1 is 1.00 bits per heavy atom. The summed E-state index contributed by atoms with van der Waals surface area (Å²) >= 11 is 0. The van der Waals surface area contributed by atoms with Crippen molar-refractivity contribution in [3.63, 3.8) is 0 Å². The van der Waals surface area contributed by atoms with Gasteiger partial charge in [-0.05, 0) is 56.2 Å². The van der Waals surface area contributed by atoms with Gasteiger partial charge in [0.1, 0.15) is 0 Å². The van der Waals surface area contributed by atoms with E-state index in [9.17, 15) is 4.79 Å². The van der Waals surface area contributed by atoms with Crippen LogP contribution in [0, 0.1) is 13.8 Å². The summed E-state index contributed by atoms with van der Waals surface area (Å²) in [5.74, 6) is 1.34. The number of para-hydroxylation sites is 1. The third-order valence-corrected chi connectivity index (χ3v) is 5.44. The maximum absolute atomic E-state index is 12.8. The molecule has 0 unspecified atom stereocenters. The highest BCUT2D eigenvalue weighted by atomic mass is 16.1. The van der Waals surface area contributed by atoms with Crippen molar-refractivity contribution in [2.45, 2.75) is 33.9 Å². The fraction of sp³-hybridized carbons (Fsp3) is 0.238. The van der Waals surface area contributed by atoms with Crippen LogP contribution in [0.2, 0.25) is 0 Å². The van der Waals surface area contributed by atoms with Crippen molar-refractivity contribution in [3.8, 4) is 0 Å². The molecule has 0 N–H and O–H groups in total. The minimum atomic E-state index is -0.0382. The quantitative estimate of drug-likeness (QED) is 0.488. The third-order valence-electron chi connectivity index (χ3n) is 5.44. The van der Waals surface area contributed by atoms with Crippen LogP contribution in [0.3, 0.4) is 0 Å². The molecule has 0 saturated heterocycles. The van der Waals surface area contributed by atoms with Gasteiger partial charge < -0.3 is 4.57 Å². The highest BCUT2D eigenvalue weighted by Crippen LogP contribution is 2.20. The Balaban J connectivity index is 1.76. The van der Waals surface area contributed by atoms with Gasteiger partial charge in [-0.15, -0.1) is 10.2 Å². The topological polar surface area (TPSA) is 70.0 Å². The van der Waals surface area contributed by atoms with Crippen molar-refractivity contribution >= 4 is 27.7 Å². The van der Waals surface area contributed by atoms with Gasteiger partial charge in [0.2, 0.25) is 5.78 Å². The van der Waals surface area contributed by atoms with Crippen molar-refractivity contribution < 1.29 is 0 Å². The Kier molecular flexibility index (Phi) is 3.58. The number of hydrogen-bond acceptors (Lipinski definition) is 4. The first kappa shape index (κ1) is 16.7. The first-order valence-corrected chi connectivity index (χ1v) is 9.36. The van der Waals surface area contributed by atoms with Crippen molar-refractivity contribution in [1.82, 2.24) is 28.7 Å². The lowest BCUT2D eigenvalue weighted by atomic mass is 10.1. The smallest absolute Gasteiger partial charge is 0.262 e. The molecule has 0 bridgehead atoms. The molecule has 3 aromatic heterocycles. The maximum atomic E-state index is 12.8. The molecule has 0 atom stereocenters. The summed E-state index contributed by atoms with van der Waals surface area (Å²) in [6, 6.07) is 11.9. The second kappa shape index (κ2) is 6.02. The molecule has 7 nitrogen and oxygen atoms in total. The molecule has 0 aliphatic rings. The number of aromatic nitrogens is 6. The maximum Gasteiger partial charge on any atom is 0.262 e. The molecule has 0 amide bonds. The number of rotatable bonds is 3. The Morgan fingerprint density at radius 3 is 2.61 bits per heavy atom. The van der Waals surface area contributed by atoms with Gasteiger partial charge in [-0.3, -0.25) is 13.8 Å².